The van der Waals surface area contributed by atoms with Gasteiger partial charge in [0.2, 0.25) is 0 Å². The molecule has 1 N–H and O–H groups in total. The van der Waals surface area contributed by atoms with Crippen molar-refractivity contribution in [2.24, 2.45) is 10.9 Å². The van der Waals surface area contributed by atoms with Gasteiger partial charge in [-0.3, -0.25) is 14.7 Å². The number of cyclic esters (lactones) is 1. The van der Waals surface area contributed by atoms with Crippen LogP contribution in [0.2, 0.25) is 0 Å². The van der Waals surface area contributed by atoms with Crippen molar-refractivity contribution in [3.05, 3.63) is 45.1 Å². The van der Waals surface area contributed by atoms with Gasteiger partial charge in [0, 0.05) is 23.8 Å². The maximum atomic E-state index is 12.4. The highest BCUT2D eigenvalue weighted by atomic mass is 79.9. The highest BCUT2D eigenvalue weighted by Gasteiger charge is 2.35. The Balaban J connectivity index is 1.19. The number of hydrogen-bond donors (Lipinski definition) is 1. The monoisotopic (exact) mass is 488 g/mol. The average molecular weight is 489 g/mol. The fourth-order valence-electron chi connectivity index (χ4n) is 3.80. The number of nitrogens with zero attached hydrogens (tertiary/aromatic N) is 3. The Morgan fingerprint density at radius 3 is 2.57 bits per heavy atom. The van der Waals surface area contributed by atoms with Crippen LogP contribution in [0.15, 0.2) is 45.2 Å². The van der Waals surface area contributed by atoms with Gasteiger partial charge < -0.3 is 15.0 Å². The summed E-state index contributed by atoms with van der Waals surface area (Å²) < 4.78 is 6.35. The minimum atomic E-state index is -0.387. The fourth-order valence-corrected chi connectivity index (χ4v) is 5.10. The number of nitrogens with one attached hydrogen (secondary N) is 1. The lowest BCUT2D eigenvalue weighted by molar-refractivity contribution is 0.0920. The molecule has 2 fully saturated rings. The van der Waals surface area contributed by atoms with Gasteiger partial charge in [-0.2, -0.15) is 0 Å². The summed E-state index contributed by atoms with van der Waals surface area (Å²) >= 11 is 4.72. The van der Waals surface area contributed by atoms with Crippen molar-refractivity contribution in [2.45, 2.75) is 18.9 Å². The first-order chi connectivity index (χ1) is 14.6. The molecule has 1 atom stereocenters. The first kappa shape index (κ1) is 19.6. The molecule has 0 bridgehead atoms. The van der Waals surface area contributed by atoms with E-state index >= 15 is 0 Å². The van der Waals surface area contributed by atoms with E-state index in [4.69, 9.17) is 4.74 Å². The molecule has 156 valence electrons. The van der Waals surface area contributed by atoms with E-state index in [0.29, 0.717) is 17.3 Å². The third-order valence-electron chi connectivity index (χ3n) is 5.45. The van der Waals surface area contributed by atoms with Crippen molar-refractivity contribution in [3.63, 3.8) is 0 Å². The van der Waals surface area contributed by atoms with Gasteiger partial charge in [-0.1, -0.05) is 0 Å². The van der Waals surface area contributed by atoms with Gasteiger partial charge >= 0.3 is 6.09 Å². The molecule has 7 nitrogen and oxygen atoms in total. The van der Waals surface area contributed by atoms with E-state index in [2.05, 4.69) is 31.1 Å². The van der Waals surface area contributed by atoms with E-state index in [1.165, 1.54) is 30.0 Å². The Morgan fingerprint density at radius 2 is 1.90 bits per heavy atom. The predicted octanol–water partition coefficient (Wildman–Crippen LogP) is 3.89. The fraction of sp³-hybridized carbons (Fsp3) is 0.381. The number of aliphatic imine (C=N–C) groups is 1. The topological polar surface area (TPSA) is 74.2 Å². The molecule has 3 heterocycles. The lowest BCUT2D eigenvalue weighted by atomic mass is 10.2. The molecule has 3 aliphatic rings. The first-order valence-corrected chi connectivity index (χ1v) is 11.6. The minimum Gasteiger partial charge on any atom is -0.442 e. The molecule has 1 aromatic carbocycles. The molecule has 2 amide bonds. The number of amides is 2. The summed E-state index contributed by atoms with van der Waals surface area (Å²) in [4.78, 5) is 33.7. The van der Waals surface area contributed by atoms with Gasteiger partial charge in [-0.25, -0.2) is 4.79 Å². The van der Waals surface area contributed by atoms with E-state index in [9.17, 15) is 9.59 Å². The van der Waals surface area contributed by atoms with E-state index < -0.39 is 0 Å². The highest BCUT2D eigenvalue weighted by Crippen LogP contribution is 2.36. The predicted molar refractivity (Wildman–Crippen MR) is 121 cm³/mol. The first-order valence-electron chi connectivity index (χ1n) is 10.0. The Labute approximate surface area is 186 Å². The van der Waals surface area contributed by atoms with Crippen molar-refractivity contribution < 1.29 is 14.3 Å². The van der Waals surface area contributed by atoms with Crippen LogP contribution < -0.4 is 15.1 Å². The standard InChI is InChI=1S/C21H21BrN4O3S/c22-18-8-7-17(30-18)20(27)24-11-16-12-26(21(28)29-16)15-5-3-14(4-6-15)25-10-9-23-19(25)13-1-2-13/h3-8,13,16H,1-2,9-12H2,(H,24,27)/t16-/m0/s1. The van der Waals surface area contributed by atoms with Crippen LogP contribution in [-0.4, -0.2) is 50.1 Å². The van der Waals surface area contributed by atoms with Crippen LogP contribution in [-0.2, 0) is 4.74 Å². The molecule has 1 saturated carbocycles. The zero-order valence-corrected chi connectivity index (χ0v) is 18.6. The van der Waals surface area contributed by atoms with Crippen molar-refractivity contribution in [1.82, 2.24) is 5.32 Å². The SMILES string of the molecule is O=C(NC[C@H]1CN(c2ccc(N3CCN=C3C3CC3)cc2)C(=O)O1)c1ccc(Br)s1. The Morgan fingerprint density at radius 1 is 1.17 bits per heavy atom. The molecular formula is C21H21BrN4O3S. The highest BCUT2D eigenvalue weighted by molar-refractivity contribution is 9.11. The Hall–Kier alpha value is -2.39. The molecule has 1 aliphatic carbocycles. The molecule has 1 saturated heterocycles. The molecule has 2 aliphatic heterocycles. The summed E-state index contributed by atoms with van der Waals surface area (Å²) in [7, 11) is 0. The number of thiophene rings is 1. The second-order valence-corrected chi connectivity index (χ2v) is 10.1. The maximum absolute atomic E-state index is 12.4. The van der Waals surface area contributed by atoms with Crippen LogP contribution in [0.3, 0.4) is 0 Å². The molecular weight excluding hydrogens is 468 g/mol. The molecule has 1 aromatic heterocycles. The van der Waals surface area contributed by atoms with Gasteiger partial charge in [0.15, 0.2) is 0 Å². The van der Waals surface area contributed by atoms with Gasteiger partial charge in [0.25, 0.3) is 5.91 Å². The summed E-state index contributed by atoms with van der Waals surface area (Å²) in [6.07, 6.45) is 1.70. The quantitative estimate of drug-likeness (QED) is 0.668. The number of amidine groups is 1. The van der Waals surface area contributed by atoms with E-state index in [1.54, 1.807) is 11.0 Å². The Kier molecular flexibility index (Phi) is 5.24. The van der Waals surface area contributed by atoms with Crippen molar-refractivity contribution in [1.29, 1.82) is 0 Å². The van der Waals surface area contributed by atoms with Gasteiger partial charge in [0.1, 0.15) is 11.9 Å². The molecule has 2 aromatic rings. The number of rotatable bonds is 6. The number of hydrogen-bond acceptors (Lipinski definition) is 6. The Bertz CT molecular complexity index is 1000. The number of anilines is 2. The number of carbonyl (C=O) groups is 2. The minimum absolute atomic E-state index is 0.164. The van der Waals surface area contributed by atoms with Crippen molar-refractivity contribution in [3.8, 4) is 0 Å². The lowest BCUT2D eigenvalue weighted by Crippen LogP contribution is -2.34. The molecule has 0 radical (unpaired) electrons. The second kappa shape index (κ2) is 8.03. The third kappa shape index (κ3) is 3.96. The van der Waals surface area contributed by atoms with E-state index in [-0.39, 0.29) is 24.6 Å². The number of ether oxygens (including phenoxy) is 1. The van der Waals surface area contributed by atoms with Gasteiger partial charge in [-0.05, 0) is 65.2 Å². The van der Waals surface area contributed by atoms with Gasteiger partial charge in [-0.15, -0.1) is 11.3 Å². The third-order valence-corrected chi connectivity index (χ3v) is 7.07. The summed E-state index contributed by atoms with van der Waals surface area (Å²) in [5.41, 5.74) is 1.91. The van der Waals surface area contributed by atoms with Gasteiger partial charge in [0.05, 0.1) is 28.3 Å². The molecule has 9 heteroatoms. The summed E-state index contributed by atoms with van der Waals surface area (Å²) in [5.74, 6) is 1.66. The molecule has 30 heavy (non-hydrogen) atoms. The average Bonchev–Trinajstić information content (AvgIpc) is 3.13. The second-order valence-electron chi connectivity index (χ2n) is 7.61. The van der Waals surface area contributed by atoms with Crippen LogP contribution in [0.5, 0.6) is 0 Å². The summed E-state index contributed by atoms with van der Waals surface area (Å²) in [5, 5.41) is 2.84. The number of halogens is 1. The zero-order valence-electron chi connectivity index (χ0n) is 16.2. The van der Waals surface area contributed by atoms with Crippen LogP contribution in [0, 0.1) is 5.92 Å². The van der Waals surface area contributed by atoms with Crippen LogP contribution in [0.4, 0.5) is 16.2 Å². The van der Waals surface area contributed by atoms with Crippen molar-refractivity contribution >= 4 is 56.5 Å². The molecule has 0 unspecified atom stereocenters. The smallest absolute Gasteiger partial charge is 0.414 e. The van der Waals surface area contributed by atoms with Crippen LogP contribution >= 0.6 is 27.3 Å². The molecule has 0 spiro atoms. The lowest BCUT2D eigenvalue weighted by Gasteiger charge is -2.21. The van der Waals surface area contributed by atoms with Crippen LogP contribution in [0.25, 0.3) is 0 Å². The largest absolute Gasteiger partial charge is 0.442 e. The summed E-state index contributed by atoms with van der Waals surface area (Å²) in [6.45, 7) is 2.45. The van der Waals surface area contributed by atoms with E-state index in [0.717, 1.165) is 28.3 Å². The maximum Gasteiger partial charge on any atom is 0.414 e. The summed E-state index contributed by atoms with van der Waals surface area (Å²) in [6, 6.07) is 11.6. The van der Waals surface area contributed by atoms with Crippen molar-refractivity contribution in [2.75, 3.05) is 36.0 Å². The van der Waals surface area contributed by atoms with Crippen LogP contribution in [0.1, 0.15) is 22.5 Å². The molecule has 5 rings (SSSR count). The number of benzene rings is 1. The zero-order chi connectivity index (χ0) is 20.7. The number of carbonyl (C=O) groups excluding carboxylic acids is 2. The van der Waals surface area contributed by atoms with E-state index in [1.807, 2.05) is 30.3 Å². The normalized spacial score (nSPS) is 21.0.